The van der Waals surface area contributed by atoms with Gasteiger partial charge >= 0.3 is 0 Å². The number of hydrogen-bond donors (Lipinski definition) is 1. The highest BCUT2D eigenvalue weighted by atomic mass is 79.9. The van der Waals surface area contributed by atoms with E-state index >= 15 is 0 Å². The zero-order valence-electron chi connectivity index (χ0n) is 10.7. The number of aliphatic hydroxyl groups excluding tert-OH is 1. The fourth-order valence-electron chi connectivity index (χ4n) is 2.75. The molecule has 0 fully saturated rings. The SMILES string of the molecule is CN(Cc1ccc(Br)o1)C1Cc2ccccc2[C@@H]1O. The molecule has 2 aromatic rings. The third-order valence-electron chi connectivity index (χ3n) is 3.77. The van der Waals surface area contributed by atoms with E-state index in [2.05, 4.69) is 26.9 Å². The third-order valence-corrected chi connectivity index (χ3v) is 4.19. The molecule has 2 atom stereocenters. The summed E-state index contributed by atoms with van der Waals surface area (Å²) in [4.78, 5) is 2.15. The van der Waals surface area contributed by atoms with E-state index < -0.39 is 6.10 Å². The van der Waals surface area contributed by atoms with Crippen LogP contribution in [0.2, 0.25) is 0 Å². The normalized spacial score (nSPS) is 21.9. The first-order chi connectivity index (χ1) is 9.15. The van der Waals surface area contributed by atoms with E-state index in [-0.39, 0.29) is 6.04 Å². The van der Waals surface area contributed by atoms with Gasteiger partial charge in [-0.15, -0.1) is 0 Å². The van der Waals surface area contributed by atoms with Gasteiger partial charge < -0.3 is 9.52 Å². The summed E-state index contributed by atoms with van der Waals surface area (Å²) in [6, 6.07) is 12.1. The molecule has 1 aliphatic carbocycles. The maximum Gasteiger partial charge on any atom is 0.169 e. The molecular weight excluding hydrogens is 306 g/mol. The predicted molar refractivity (Wildman–Crippen MR) is 76.8 cm³/mol. The molecule has 1 heterocycles. The monoisotopic (exact) mass is 321 g/mol. The van der Waals surface area contributed by atoms with Crippen LogP contribution in [0, 0.1) is 0 Å². The van der Waals surface area contributed by atoms with Gasteiger partial charge in [-0.2, -0.15) is 0 Å². The Morgan fingerprint density at radius 2 is 2.11 bits per heavy atom. The van der Waals surface area contributed by atoms with Crippen molar-refractivity contribution in [1.29, 1.82) is 0 Å². The van der Waals surface area contributed by atoms with E-state index in [1.54, 1.807) is 0 Å². The van der Waals surface area contributed by atoms with Crippen LogP contribution in [0.15, 0.2) is 45.5 Å². The average Bonchev–Trinajstić information content (AvgIpc) is 2.94. The Balaban J connectivity index is 1.74. The van der Waals surface area contributed by atoms with Gasteiger partial charge in [-0.05, 0) is 52.7 Å². The van der Waals surface area contributed by atoms with Crippen LogP contribution in [0.25, 0.3) is 0 Å². The number of fused-ring (bicyclic) bond motifs is 1. The van der Waals surface area contributed by atoms with Crippen LogP contribution in [0.4, 0.5) is 0 Å². The minimum atomic E-state index is -0.417. The lowest BCUT2D eigenvalue weighted by molar-refractivity contribution is 0.0684. The summed E-state index contributed by atoms with van der Waals surface area (Å²) >= 11 is 3.31. The second kappa shape index (κ2) is 5.12. The summed E-state index contributed by atoms with van der Waals surface area (Å²) in [6.07, 6.45) is 0.468. The fraction of sp³-hybridized carbons (Fsp3) is 0.333. The van der Waals surface area contributed by atoms with Crippen molar-refractivity contribution in [2.45, 2.75) is 25.1 Å². The van der Waals surface area contributed by atoms with Crippen molar-refractivity contribution in [3.63, 3.8) is 0 Å². The maximum atomic E-state index is 10.4. The van der Waals surface area contributed by atoms with E-state index in [4.69, 9.17) is 4.42 Å². The molecular formula is C15H16BrNO2. The van der Waals surface area contributed by atoms with Gasteiger partial charge in [0, 0.05) is 6.04 Å². The largest absolute Gasteiger partial charge is 0.453 e. The van der Waals surface area contributed by atoms with Gasteiger partial charge in [0.2, 0.25) is 0 Å². The van der Waals surface area contributed by atoms with Crippen LogP contribution in [-0.4, -0.2) is 23.1 Å². The molecule has 0 saturated heterocycles. The smallest absolute Gasteiger partial charge is 0.169 e. The quantitative estimate of drug-likeness (QED) is 0.943. The number of hydrogen-bond acceptors (Lipinski definition) is 3. The summed E-state index contributed by atoms with van der Waals surface area (Å²) in [7, 11) is 2.02. The molecule has 19 heavy (non-hydrogen) atoms. The van der Waals surface area contributed by atoms with Crippen LogP contribution < -0.4 is 0 Å². The average molecular weight is 322 g/mol. The van der Waals surface area contributed by atoms with Gasteiger partial charge in [0.1, 0.15) is 5.76 Å². The fourth-order valence-corrected chi connectivity index (χ4v) is 3.09. The lowest BCUT2D eigenvalue weighted by Crippen LogP contribution is -2.34. The van der Waals surface area contributed by atoms with E-state index in [1.807, 2.05) is 37.4 Å². The van der Waals surface area contributed by atoms with Crippen molar-refractivity contribution in [3.05, 3.63) is 58.0 Å². The topological polar surface area (TPSA) is 36.6 Å². The van der Waals surface area contributed by atoms with Crippen LogP contribution >= 0.6 is 15.9 Å². The molecule has 1 aromatic carbocycles. The van der Waals surface area contributed by atoms with Crippen molar-refractivity contribution in [1.82, 2.24) is 4.90 Å². The van der Waals surface area contributed by atoms with Crippen LogP contribution in [0.1, 0.15) is 23.0 Å². The highest BCUT2D eigenvalue weighted by Gasteiger charge is 2.33. The number of furan rings is 1. The molecule has 0 saturated carbocycles. The lowest BCUT2D eigenvalue weighted by Gasteiger charge is -2.26. The van der Waals surface area contributed by atoms with E-state index in [0.717, 1.165) is 22.4 Å². The zero-order chi connectivity index (χ0) is 13.4. The summed E-state index contributed by atoms with van der Waals surface area (Å²) < 4.78 is 6.26. The van der Waals surface area contributed by atoms with Crippen molar-refractivity contribution in [2.75, 3.05) is 7.05 Å². The second-order valence-corrected chi connectivity index (χ2v) is 5.82. The van der Waals surface area contributed by atoms with Gasteiger partial charge in [-0.25, -0.2) is 0 Å². The van der Waals surface area contributed by atoms with Gasteiger partial charge in [0.25, 0.3) is 0 Å². The van der Waals surface area contributed by atoms with E-state index in [9.17, 15) is 5.11 Å². The Kier molecular flexibility index (Phi) is 3.48. The molecule has 0 amide bonds. The van der Waals surface area contributed by atoms with Crippen LogP contribution in [-0.2, 0) is 13.0 Å². The Labute approximate surface area is 121 Å². The molecule has 3 rings (SSSR count). The highest BCUT2D eigenvalue weighted by molar-refractivity contribution is 9.10. The minimum absolute atomic E-state index is 0.112. The van der Waals surface area contributed by atoms with Gasteiger partial charge in [0.15, 0.2) is 4.67 Å². The number of aliphatic hydroxyl groups is 1. The third kappa shape index (κ3) is 2.48. The first-order valence-electron chi connectivity index (χ1n) is 6.35. The lowest BCUT2D eigenvalue weighted by atomic mass is 10.1. The Hall–Kier alpha value is -1.10. The number of benzene rings is 1. The van der Waals surface area contributed by atoms with E-state index in [1.165, 1.54) is 5.56 Å². The number of nitrogens with zero attached hydrogens (tertiary/aromatic N) is 1. The second-order valence-electron chi connectivity index (χ2n) is 5.04. The highest BCUT2D eigenvalue weighted by Crippen LogP contribution is 2.34. The molecule has 0 aliphatic heterocycles. The first-order valence-corrected chi connectivity index (χ1v) is 7.15. The number of halogens is 1. The molecule has 0 bridgehead atoms. The van der Waals surface area contributed by atoms with Crippen molar-refractivity contribution < 1.29 is 9.52 Å². The predicted octanol–water partition coefficient (Wildman–Crippen LogP) is 3.13. The van der Waals surface area contributed by atoms with E-state index in [0.29, 0.717) is 6.54 Å². The molecule has 1 unspecified atom stereocenters. The van der Waals surface area contributed by atoms with Crippen LogP contribution in [0.5, 0.6) is 0 Å². The standard InChI is InChI=1S/C15H16BrNO2/c1-17(9-11-6-7-14(16)19-11)13-8-10-4-2-3-5-12(10)15(13)18/h2-7,13,15,18H,8-9H2,1H3/t13?,15-/m0/s1. The Morgan fingerprint density at radius 3 is 2.79 bits per heavy atom. The van der Waals surface area contributed by atoms with Gasteiger partial charge in [0.05, 0.1) is 12.6 Å². The molecule has 1 aliphatic rings. The van der Waals surface area contributed by atoms with Crippen LogP contribution in [0.3, 0.4) is 0 Å². The van der Waals surface area contributed by atoms with Crippen molar-refractivity contribution in [3.8, 4) is 0 Å². The summed E-state index contributed by atoms with van der Waals surface area (Å²) in [6.45, 7) is 0.696. The zero-order valence-corrected chi connectivity index (χ0v) is 12.3. The van der Waals surface area contributed by atoms with Gasteiger partial charge in [-0.1, -0.05) is 24.3 Å². The summed E-state index contributed by atoms with van der Waals surface area (Å²) in [5.74, 6) is 0.900. The molecule has 100 valence electrons. The first kappa shape index (κ1) is 12.9. The minimum Gasteiger partial charge on any atom is -0.453 e. The molecule has 1 N–H and O–H groups in total. The maximum absolute atomic E-state index is 10.4. The molecule has 0 radical (unpaired) electrons. The molecule has 3 nitrogen and oxygen atoms in total. The molecule has 1 aromatic heterocycles. The molecule has 4 heteroatoms. The summed E-state index contributed by atoms with van der Waals surface area (Å²) in [5.41, 5.74) is 2.30. The molecule has 0 spiro atoms. The number of rotatable bonds is 3. The Morgan fingerprint density at radius 1 is 1.32 bits per heavy atom. The Bertz CT molecular complexity index is 581. The van der Waals surface area contributed by atoms with Crippen molar-refractivity contribution in [2.24, 2.45) is 0 Å². The van der Waals surface area contributed by atoms with Gasteiger partial charge in [-0.3, -0.25) is 4.90 Å². The number of likely N-dealkylation sites (N-methyl/N-ethyl adjacent to an activating group) is 1. The van der Waals surface area contributed by atoms with Crippen molar-refractivity contribution >= 4 is 15.9 Å². The summed E-state index contributed by atoms with van der Waals surface area (Å²) in [5, 5.41) is 10.4.